The SMILES string of the molecule is Clc1ccc(Oc2ccc(OCC3CCCCN3Cc3ncno3)cc2)cc1. The van der Waals surface area contributed by atoms with Crippen LogP contribution in [0.25, 0.3) is 0 Å². The van der Waals surface area contributed by atoms with Crippen LogP contribution in [0.5, 0.6) is 17.2 Å². The van der Waals surface area contributed by atoms with Crippen LogP contribution in [0.4, 0.5) is 0 Å². The molecule has 0 saturated carbocycles. The molecule has 1 aliphatic rings. The molecule has 146 valence electrons. The predicted octanol–water partition coefficient (Wildman–Crippen LogP) is 4.95. The van der Waals surface area contributed by atoms with Gasteiger partial charge in [-0.15, -0.1) is 0 Å². The summed E-state index contributed by atoms with van der Waals surface area (Å²) in [7, 11) is 0. The lowest BCUT2D eigenvalue weighted by molar-refractivity contribution is 0.0831. The smallest absolute Gasteiger partial charge is 0.240 e. The molecular formula is C21H22ClN3O3. The van der Waals surface area contributed by atoms with E-state index in [-0.39, 0.29) is 0 Å². The fraction of sp³-hybridized carbons (Fsp3) is 0.333. The molecule has 0 bridgehead atoms. The highest BCUT2D eigenvalue weighted by molar-refractivity contribution is 6.30. The Morgan fingerprint density at radius 2 is 1.71 bits per heavy atom. The molecule has 0 N–H and O–H groups in total. The number of halogens is 1. The third-order valence-electron chi connectivity index (χ3n) is 4.81. The van der Waals surface area contributed by atoms with Gasteiger partial charge in [-0.25, -0.2) is 0 Å². The lowest BCUT2D eigenvalue weighted by atomic mass is 10.0. The molecule has 0 aliphatic carbocycles. The maximum absolute atomic E-state index is 6.03. The first kappa shape index (κ1) is 18.8. The topological polar surface area (TPSA) is 60.6 Å². The predicted molar refractivity (Wildman–Crippen MR) is 106 cm³/mol. The molecule has 0 radical (unpaired) electrons. The molecule has 6 nitrogen and oxygen atoms in total. The van der Waals surface area contributed by atoms with E-state index in [2.05, 4.69) is 15.0 Å². The number of ether oxygens (including phenoxy) is 2. The van der Waals surface area contributed by atoms with Gasteiger partial charge >= 0.3 is 0 Å². The number of nitrogens with zero attached hydrogens (tertiary/aromatic N) is 3. The van der Waals surface area contributed by atoms with E-state index in [9.17, 15) is 0 Å². The van der Waals surface area contributed by atoms with Crippen molar-refractivity contribution in [3.8, 4) is 17.2 Å². The van der Waals surface area contributed by atoms with Crippen LogP contribution in [-0.2, 0) is 6.54 Å². The Morgan fingerprint density at radius 1 is 1.00 bits per heavy atom. The van der Waals surface area contributed by atoms with Crippen LogP contribution in [-0.4, -0.2) is 34.2 Å². The van der Waals surface area contributed by atoms with Gasteiger partial charge in [-0.1, -0.05) is 23.2 Å². The van der Waals surface area contributed by atoms with Gasteiger partial charge in [0.05, 0.1) is 6.54 Å². The first-order chi connectivity index (χ1) is 13.8. The Balaban J connectivity index is 1.31. The number of aromatic nitrogens is 2. The van der Waals surface area contributed by atoms with Crippen LogP contribution in [0.15, 0.2) is 59.4 Å². The zero-order valence-electron chi connectivity index (χ0n) is 15.5. The number of benzene rings is 2. The van der Waals surface area contributed by atoms with Crippen LogP contribution >= 0.6 is 11.6 Å². The number of piperidine rings is 1. The van der Waals surface area contributed by atoms with Gasteiger partial charge in [0.15, 0.2) is 6.33 Å². The van der Waals surface area contributed by atoms with Crippen LogP contribution in [0.2, 0.25) is 5.02 Å². The molecular weight excluding hydrogens is 378 g/mol. The van der Waals surface area contributed by atoms with E-state index in [1.165, 1.54) is 19.2 Å². The van der Waals surface area contributed by atoms with Gasteiger partial charge < -0.3 is 14.0 Å². The molecule has 4 rings (SSSR count). The molecule has 1 aliphatic heterocycles. The van der Waals surface area contributed by atoms with E-state index >= 15 is 0 Å². The second kappa shape index (κ2) is 9.08. The molecule has 1 unspecified atom stereocenters. The zero-order chi connectivity index (χ0) is 19.2. The van der Waals surface area contributed by atoms with E-state index in [0.717, 1.165) is 30.2 Å². The minimum atomic E-state index is 0.339. The average Bonchev–Trinajstić information content (AvgIpc) is 3.23. The fourth-order valence-electron chi connectivity index (χ4n) is 3.33. The van der Waals surface area contributed by atoms with Gasteiger partial charge in [0.2, 0.25) is 5.89 Å². The summed E-state index contributed by atoms with van der Waals surface area (Å²) in [5.41, 5.74) is 0. The standard InChI is InChI=1S/C21H22ClN3O3/c22-16-4-6-19(7-5-16)27-20-10-8-18(9-11-20)26-14-17-3-1-2-12-25(17)13-21-23-15-24-28-21/h4-11,15,17H,1-3,12-14H2. The highest BCUT2D eigenvalue weighted by atomic mass is 35.5. The van der Waals surface area contributed by atoms with Gasteiger partial charge in [-0.3, -0.25) is 4.90 Å². The lowest BCUT2D eigenvalue weighted by Gasteiger charge is -2.34. The molecule has 1 atom stereocenters. The zero-order valence-corrected chi connectivity index (χ0v) is 16.2. The molecule has 0 amide bonds. The lowest BCUT2D eigenvalue weighted by Crippen LogP contribution is -2.42. The average molecular weight is 400 g/mol. The summed E-state index contributed by atoms with van der Waals surface area (Å²) in [6, 6.07) is 15.3. The van der Waals surface area contributed by atoms with Crippen molar-refractivity contribution in [1.82, 2.24) is 15.0 Å². The highest BCUT2D eigenvalue weighted by Gasteiger charge is 2.24. The third-order valence-corrected chi connectivity index (χ3v) is 5.06. The third kappa shape index (κ3) is 5.03. The summed E-state index contributed by atoms with van der Waals surface area (Å²) in [6.07, 6.45) is 4.94. The van der Waals surface area contributed by atoms with Crippen molar-refractivity contribution in [2.45, 2.75) is 31.8 Å². The Hall–Kier alpha value is -2.57. The molecule has 3 aromatic rings. The number of rotatable bonds is 7. The van der Waals surface area contributed by atoms with Gasteiger partial charge in [0.1, 0.15) is 23.9 Å². The second-order valence-electron chi connectivity index (χ2n) is 6.79. The summed E-state index contributed by atoms with van der Waals surface area (Å²) in [5.74, 6) is 2.98. The summed E-state index contributed by atoms with van der Waals surface area (Å²) in [4.78, 5) is 6.49. The maximum Gasteiger partial charge on any atom is 0.240 e. The molecule has 28 heavy (non-hydrogen) atoms. The molecule has 2 heterocycles. The number of likely N-dealkylation sites (tertiary alicyclic amines) is 1. The van der Waals surface area contributed by atoms with Crippen molar-refractivity contribution >= 4 is 11.6 Å². The number of hydrogen-bond donors (Lipinski definition) is 0. The van der Waals surface area contributed by atoms with E-state index < -0.39 is 0 Å². The van der Waals surface area contributed by atoms with Crippen molar-refractivity contribution in [2.75, 3.05) is 13.2 Å². The minimum Gasteiger partial charge on any atom is -0.492 e. The number of hydrogen-bond acceptors (Lipinski definition) is 6. The van der Waals surface area contributed by atoms with Crippen molar-refractivity contribution < 1.29 is 14.0 Å². The summed E-state index contributed by atoms with van der Waals surface area (Å²) in [5, 5.41) is 4.37. The highest BCUT2D eigenvalue weighted by Crippen LogP contribution is 2.26. The minimum absolute atomic E-state index is 0.339. The van der Waals surface area contributed by atoms with Gasteiger partial charge in [-0.2, -0.15) is 4.98 Å². The van der Waals surface area contributed by atoms with Crippen molar-refractivity contribution in [2.24, 2.45) is 0 Å². The Kier molecular flexibility index (Phi) is 6.09. The monoisotopic (exact) mass is 399 g/mol. The van der Waals surface area contributed by atoms with E-state index in [4.69, 9.17) is 25.6 Å². The second-order valence-corrected chi connectivity index (χ2v) is 7.23. The molecule has 0 spiro atoms. The summed E-state index contributed by atoms with van der Waals surface area (Å²) >= 11 is 5.90. The van der Waals surface area contributed by atoms with Gasteiger partial charge in [-0.05, 0) is 67.9 Å². The van der Waals surface area contributed by atoms with Crippen LogP contribution in [0, 0.1) is 0 Å². The summed E-state index contributed by atoms with van der Waals surface area (Å²) < 4.78 is 17.0. The Bertz CT molecular complexity index is 854. The Labute approximate surface area is 169 Å². The first-order valence-corrected chi connectivity index (χ1v) is 9.80. The van der Waals surface area contributed by atoms with E-state index in [1.807, 2.05) is 36.4 Å². The van der Waals surface area contributed by atoms with Gasteiger partial charge in [0, 0.05) is 11.1 Å². The van der Waals surface area contributed by atoms with Crippen LogP contribution < -0.4 is 9.47 Å². The molecule has 7 heteroatoms. The quantitative estimate of drug-likeness (QED) is 0.560. The van der Waals surface area contributed by atoms with Crippen molar-refractivity contribution in [3.05, 3.63) is 65.8 Å². The molecule has 1 fully saturated rings. The molecule has 1 saturated heterocycles. The van der Waals surface area contributed by atoms with E-state index in [1.54, 1.807) is 12.1 Å². The van der Waals surface area contributed by atoms with E-state index in [0.29, 0.717) is 30.1 Å². The molecule has 2 aromatic carbocycles. The normalized spacial score (nSPS) is 17.4. The van der Waals surface area contributed by atoms with Crippen molar-refractivity contribution in [1.29, 1.82) is 0 Å². The fourth-order valence-corrected chi connectivity index (χ4v) is 3.46. The maximum atomic E-state index is 6.03. The van der Waals surface area contributed by atoms with Crippen molar-refractivity contribution in [3.63, 3.8) is 0 Å². The largest absolute Gasteiger partial charge is 0.492 e. The first-order valence-electron chi connectivity index (χ1n) is 9.42. The van der Waals surface area contributed by atoms with Crippen LogP contribution in [0.3, 0.4) is 0 Å². The Morgan fingerprint density at radius 3 is 2.43 bits per heavy atom. The van der Waals surface area contributed by atoms with Gasteiger partial charge in [0.25, 0.3) is 0 Å². The molecule has 1 aromatic heterocycles. The van der Waals surface area contributed by atoms with Crippen LogP contribution in [0.1, 0.15) is 25.2 Å². The summed E-state index contributed by atoms with van der Waals surface area (Å²) in [6.45, 7) is 2.32.